The van der Waals surface area contributed by atoms with E-state index in [0.29, 0.717) is 0 Å². The van der Waals surface area contributed by atoms with Crippen molar-refractivity contribution in [2.75, 3.05) is 0 Å². The summed E-state index contributed by atoms with van der Waals surface area (Å²) < 4.78 is 5.45. The second-order valence-electron chi connectivity index (χ2n) is 6.02. The van der Waals surface area contributed by atoms with E-state index in [9.17, 15) is 9.90 Å². The molecule has 0 amide bonds. The number of hydrogen-bond acceptors (Lipinski definition) is 3. The second-order valence-corrected chi connectivity index (χ2v) is 6.02. The quantitative estimate of drug-likeness (QED) is 0.715. The minimum Gasteiger partial charge on any atom is -0.461 e. The van der Waals surface area contributed by atoms with E-state index in [2.05, 4.69) is 0 Å². The van der Waals surface area contributed by atoms with E-state index in [4.69, 9.17) is 4.74 Å². The van der Waals surface area contributed by atoms with E-state index in [1.54, 1.807) is 0 Å². The topological polar surface area (TPSA) is 46.5 Å². The zero-order valence-electron chi connectivity index (χ0n) is 10.5. The average Bonchev–Trinajstić information content (AvgIpc) is 2.11. The van der Waals surface area contributed by atoms with E-state index in [1.807, 2.05) is 41.5 Å². The first-order chi connectivity index (χ1) is 6.61. The van der Waals surface area contributed by atoms with Crippen molar-refractivity contribution in [3.63, 3.8) is 0 Å². The molecule has 0 aromatic carbocycles. The first kappa shape index (κ1) is 12.5. The van der Waals surface area contributed by atoms with Crippen molar-refractivity contribution in [2.24, 2.45) is 16.7 Å². The fourth-order valence-corrected chi connectivity index (χ4v) is 2.66. The predicted molar refractivity (Wildman–Crippen MR) is 58.3 cm³/mol. The summed E-state index contributed by atoms with van der Waals surface area (Å²) in [6, 6.07) is 0. The Balaban J connectivity index is 2.74. The molecule has 0 aromatic heterocycles. The summed E-state index contributed by atoms with van der Waals surface area (Å²) in [6.07, 6.45) is -0.620. The Morgan fingerprint density at radius 1 is 1.20 bits per heavy atom. The Labute approximate surface area is 91.8 Å². The third-order valence-corrected chi connectivity index (χ3v) is 3.47. The SMILES string of the molecule is CC(C)C(=O)O[C@H]1C(C)(C)[C@@H](O)C1(C)C. The van der Waals surface area contributed by atoms with Crippen molar-refractivity contribution in [3.05, 3.63) is 0 Å². The van der Waals surface area contributed by atoms with Gasteiger partial charge in [0.1, 0.15) is 6.10 Å². The molecule has 0 heterocycles. The van der Waals surface area contributed by atoms with Crippen LogP contribution in [0, 0.1) is 16.7 Å². The molecule has 1 N–H and O–H groups in total. The van der Waals surface area contributed by atoms with Crippen molar-refractivity contribution in [1.82, 2.24) is 0 Å². The van der Waals surface area contributed by atoms with Crippen molar-refractivity contribution in [1.29, 1.82) is 0 Å². The molecule has 3 heteroatoms. The summed E-state index contributed by atoms with van der Waals surface area (Å²) in [5.74, 6) is -0.303. The van der Waals surface area contributed by atoms with Gasteiger partial charge in [-0.25, -0.2) is 0 Å². The van der Waals surface area contributed by atoms with E-state index in [1.165, 1.54) is 0 Å². The first-order valence-electron chi connectivity index (χ1n) is 5.50. The monoisotopic (exact) mass is 214 g/mol. The van der Waals surface area contributed by atoms with Gasteiger partial charge in [-0.15, -0.1) is 0 Å². The van der Waals surface area contributed by atoms with E-state index in [0.717, 1.165) is 0 Å². The largest absolute Gasteiger partial charge is 0.461 e. The smallest absolute Gasteiger partial charge is 0.308 e. The molecule has 0 atom stereocenters. The molecule has 1 fully saturated rings. The Kier molecular flexibility index (Phi) is 2.90. The van der Waals surface area contributed by atoms with Crippen molar-refractivity contribution >= 4 is 5.97 Å². The van der Waals surface area contributed by atoms with Crippen LogP contribution in [-0.4, -0.2) is 23.3 Å². The molecule has 1 rings (SSSR count). The van der Waals surface area contributed by atoms with Gasteiger partial charge in [0.25, 0.3) is 0 Å². The summed E-state index contributed by atoms with van der Waals surface area (Å²) in [6.45, 7) is 11.4. The summed E-state index contributed by atoms with van der Waals surface area (Å²) in [5, 5.41) is 9.93. The van der Waals surface area contributed by atoms with E-state index >= 15 is 0 Å². The lowest BCUT2D eigenvalue weighted by atomic mass is 9.51. The van der Waals surface area contributed by atoms with Crippen LogP contribution in [0.3, 0.4) is 0 Å². The Morgan fingerprint density at radius 3 is 1.93 bits per heavy atom. The number of carbonyl (C=O) groups excluding carboxylic acids is 1. The molecule has 0 spiro atoms. The van der Waals surface area contributed by atoms with Crippen LogP contribution in [0.15, 0.2) is 0 Å². The van der Waals surface area contributed by atoms with Gasteiger partial charge in [-0.05, 0) is 0 Å². The van der Waals surface area contributed by atoms with Crippen LogP contribution in [0.4, 0.5) is 0 Å². The highest BCUT2D eigenvalue weighted by atomic mass is 16.6. The van der Waals surface area contributed by atoms with Gasteiger partial charge >= 0.3 is 5.97 Å². The van der Waals surface area contributed by atoms with Gasteiger partial charge in [-0.2, -0.15) is 0 Å². The number of aliphatic hydroxyl groups excluding tert-OH is 1. The number of rotatable bonds is 2. The maximum atomic E-state index is 11.5. The number of ether oxygens (including phenoxy) is 1. The van der Waals surface area contributed by atoms with Gasteiger partial charge in [-0.3, -0.25) is 4.79 Å². The Hall–Kier alpha value is -0.570. The fraction of sp³-hybridized carbons (Fsp3) is 0.917. The van der Waals surface area contributed by atoms with Crippen LogP contribution < -0.4 is 0 Å². The van der Waals surface area contributed by atoms with Crippen LogP contribution in [0.25, 0.3) is 0 Å². The second kappa shape index (κ2) is 3.48. The minimum absolute atomic E-state index is 0.116. The zero-order valence-corrected chi connectivity index (χ0v) is 10.5. The zero-order chi connectivity index (χ0) is 12.0. The lowest BCUT2D eigenvalue weighted by Crippen LogP contribution is -2.68. The highest BCUT2D eigenvalue weighted by molar-refractivity contribution is 5.72. The molecule has 1 saturated carbocycles. The van der Waals surface area contributed by atoms with Gasteiger partial charge in [-0.1, -0.05) is 41.5 Å². The molecule has 1 aliphatic rings. The molecule has 88 valence electrons. The molecular formula is C12H22O3. The van der Waals surface area contributed by atoms with Crippen molar-refractivity contribution < 1.29 is 14.6 Å². The highest BCUT2D eigenvalue weighted by Gasteiger charge is 2.63. The normalized spacial score (nSPS) is 32.3. The third kappa shape index (κ3) is 1.78. The van der Waals surface area contributed by atoms with Gasteiger partial charge in [0.05, 0.1) is 12.0 Å². The molecular weight excluding hydrogens is 192 g/mol. The molecule has 0 aliphatic heterocycles. The van der Waals surface area contributed by atoms with Gasteiger partial charge in [0.15, 0.2) is 0 Å². The molecule has 0 aromatic rings. The van der Waals surface area contributed by atoms with Gasteiger partial charge < -0.3 is 9.84 Å². The average molecular weight is 214 g/mol. The van der Waals surface area contributed by atoms with Crippen LogP contribution in [0.2, 0.25) is 0 Å². The Bertz CT molecular complexity index is 250. The Morgan fingerprint density at radius 2 is 1.60 bits per heavy atom. The number of carbonyl (C=O) groups is 1. The molecule has 1 aliphatic carbocycles. The summed E-state index contributed by atoms with van der Waals surface area (Å²) in [7, 11) is 0. The van der Waals surface area contributed by atoms with Gasteiger partial charge in [0, 0.05) is 10.8 Å². The molecule has 0 saturated heterocycles. The summed E-state index contributed by atoms with van der Waals surface area (Å²) >= 11 is 0. The minimum atomic E-state index is -0.421. The first-order valence-corrected chi connectivity index (χ1v) is 5.50. The number of esters is 1. The lowest BCUT2D eigenvalue weighted by molar-refractivity contribution is -0.260. The maximum absolute atomic E-state index is 11.5. The summed E-state index contributed by atoms with van der Waals surface area (Å²) in [4.78, 5) is 11.5. The fourth-order valence-electron chi connectivity index (χ4n) is 2.66. The maximum Gasteiger partial charge on any atom is 0.308 e. The van der Waals surface area contributed by atoms with Crippen molar-refractivity contribution in [3.8, 4) is 0 Å². The lowest BCUT2D eigenvalue weighted by Gasteiger charge is -2.60. The predicted octanol–water partition coefficient (Wildman–Crippen LogP) is 1.98. The van der Waals surface area contributed by atoms with Gasteiger partial charge in [0.2, 0.25) is 0 Å². The van der Waals surface area contributed by atoms with Crippen LogP contribution in [-0.2, 0) is 9.53 Å². The molecule has 0 unspecified atom stereocenters. The summed E-state index contributed by atoms with van der Waals surface area (Å²) in [5.41, 5.74) is -0.678. The third-order valence-electron chi connectivity index (χ3n) is 3.47. The van der Waals surface area contributed by atoms with E-state index in [-0.39, 0.29) is 28.8 Å². The molecule has 0 bridgehead atoms. The van der Waals surface area contributed by atoms with E-state index < -0.39 is 6.10 Å². The molecule has 0 radical (unpaired) electrons. The molecule has 3 nitrogen and oxygen atoms in total. The van der Waals surface area contributed by atoms with Crippen LogP contribution >= 0.6 is 0 Å². The standard InChI is InChI=1S/C12H22O3/c1-7(2)8(13)15-10-11(3,4)9(14)12(10,5)6/h7,9-10,14H,1-6H3/t9-,10+. The van der Waals surface area contributed by atoms with Crippen LogP contribution in [0.5, 0.6) is 0 Å². The number of aliphatic hydroxyl groups is 1. The van der Waals surface area contributed by atoms with Crippen LogP contribution in [0.1, 0.15) is 41.5 Å². The van der Waals surface area contributed by atoms with Crippen molar-refractivity contribution in [2.45, 2.75) is 53.8 Å². The molecule has 15 heavy (non-hydrogen) atoms. The highest BCUT2D eigenvalue weighted by Crippen LogP contribution is 2.55. The number of hydrogen-bond donors (Lipinski definition) is 1.